The van der Waals surface area contributed by atoms with Crippen molar-refractivity contribution in [3.63, 3.8) is 0 Å². The molecule has 19 heteroatoms. The van der Waals surface area contributed by atoms with Crippen LogP contribution < -0.4 is 21.3 Å². The van der Waals surface area contributed by atoms with Gasteiger partial charge in [-0.1, -0.05) is 24.3 Å². The quantitative estimate of drug-likeness (QED) is 0.0202. The summed E-state index contributed by atoms with van der Waals surface area (Å²) < 4.78 is 14.8. The van der Waals surface area contributed by atoms with Gasteiger partial charge in [-0.3, -0.25) is 33.5 Å². The summed E-state index contributed by atoms with van der Waals surface area (Å²) in [5, 5.41) is 36.1. The number of amides is 4. The monoisotopic (exact) mass is 1040 g/mol. The fourth-order valence-electron chi connectivity index (χ4n) is 6.30. The molecule has 6 aromatic carbocycles. The lowest BCUT2D eigenvalue weighted by Crippen LogP contribution is -2.14. The van der Waals surface area contributed by atoms with Gasteiger partial charge in [0.05, 0.1) is 24.8 Å². The van der Waals surface area contributed by atoms with Gasteiger partial charge in [0, 0.05) is 85.9 Å². The Labute approximate surface area is 435 Å². The topological polar surface area (TPSA) is 273 Å². The number of Topliss-reactive ketones (excluding diaryl/α,β-unsaturated/α-hetero) is 2. The van der Waals surface area contributed by atoms with Crippen molar-refractivity contribution in [2.24, 2.45) is 0 Å². The molecule has 0 heterocycles. The van der Waals surface area contributed by atoms with Crippen molar-refractivity contribution >= 4 is 69.9 Å². The fraction of sp³-hybridized carbons (Fsp3) is 0.214. The van der Waals surface area contributed by atoms with Crippen LogP contribution in [-0.4, -0.2) is 110 Å². The first kappa shape index (κ1) is 60.6. The summed E-state index contributed by atoms with van der Waals surface area (Å²) in [7, 11) is 2.91. The van der Waals surface area contributed by atoms with Crippen LogP contribution in [0.2, 0.25) is 0 Å². The number of halogens is 1. The second-order valence-electron chi connectivity index (χ2n) is 15.9. The first-order chi connectivity index (χ1) is 35.7. The Balaban J connectivity index is 0.000000675. The SMILES string of the molecule is COC(=O)c1ccc(C(=O)Nc2ccc(NC(=O)c3ccc(C(=O)CO)cc3)cc2)cc1.COCCCCOC(=O)c1ccc(C(=O)Nc2ccc(NC(=O)c3ccc(C(C)=O)cc3)cc2)cc1.F.OCCCCO.[3HH].[3HH]. The number of aliphatic hydroxyl groups is 3. The Morgan fingerprint density at radius 2 is 0.693 bits per heavy atom. The number of esters is 2. The molecule has 0 saturated carbocycles. The predicted octanol–water partition coefficient (Wildman–Crippen LogP) is 8.53. The maximum atomic E-state index is 12.6. The van der Waals surface area contributed by atoms with E-state index in [1.165, 1.54) is 62.6 Å². The van der Waals surface area contributed by atoms with Crippen molar-refractivity contribution in [1.82, 2.24) is 0 Å². The van der Waals surface area contributed by atoms with E-state index in [1.807, 2.05) is 0 Å². The fourth-order valence-corrected chi connectivity index (χ4v) is 6.30. The number of nitrogens with one attached hydrogen (secondary N) is 4. The molecule has 398 valence electrons. The average Bonchev–Trinajstić information content (AvgIpc) is 3.43. The minimum absolute atomic E-state index is 0. The predicted molar refractivity (Wildman–Crippen MR) is 285 cm³/mol. The van der Waals surface area contributed by atoms with Crippen LogP contribution in [0, 0.1) is 0 Å². The first-order valence-electron chi connectivity index (χ1n) is 23.2. The van der Waals surface area contributed by atoms with Crippen LogP contribution in [0.5, 0.6) is 0 Å². The van der Waals surface area contributed by atoms with Gasteiger partial charge in [-0.15, -0.1) is 0 Å². The zero-order valence-corrected chi connectivity index (χ0v) is 41.5. The van der Waals surface area contributed by atoms with Gasteiger partial charge < -0.3 is 50.8 Å². The average molecular weight is 1040 g/mol. The third-order valence-electron chi connectivity index (χ3n) is 10.5. The lowest BCUT2D eigenvalue weighted by Gasteiger charge is -2.09. The van der Waals surface area contributed by atoms with Crippen molar-refractivity contribution in [1.29, 1.82) is 0 Å². The van der Waals surface area contributed by atoms with Gasteiger partial charge in [0.1, 0.15) is 6.61 Å². The highest BCUT2D eigenvalue weighted by atomic mass is 19.0. The Kier molecular flexibility index (Phi) is 26.1. The van der Waals surface area contributed by atoms with E-state index in [0.29, 0.717) is 80.5 Å². The van der Waals surface area contributed by atoms with Crippen LogP contribution in [0.15, 0.2) is 146 Å². The van der Waals surface area contributed by atoms with Gasteiger partial charge >= 0.3 is 11.9 Å². The molecule has 75 heavy (non-hydrogen) atoms. The van der Waals surface area contributed by atoms with Gasteiger partial charge in [0.25, 0.3) is 23.6 Å². The molecule has 6 rings (SSSR count). The summed E-state index contributed by atoms with van der Waals surface area (Å²) in [5.74, 6) is -2.77. The number of benzene rings is 6. The molecular formula is C56H63FN4O14. The summed E-state index contributed by atoms with van der Waals surface area (Å²) in [6.07, 6.45) is 2.97. The molecule has 0 spiro atoms. The highest BCUT2D eigenvalue weighted by Crippen LogP contribution is 2.19. The van der Waals surface area contributed by atoms with E-state index in [4.69, 9.17) is 24.8 Å². The van der Waals surface area contributed by atoms with Crippen LogP contribution in [0.1, 0.15) is 118 Å². The summed E-state index contributed by atoms with van der Waals surface area (Å²) in [5.41, 5.74) is 5.26. The number of rotatable bonds is 21. The van der Waals surface area contributed by atoms with Crippen molar-refractivity contribution < 1.29 is 75.4 Å². The largest absolute Gasteiger partial charge is 0.465 e. The first-order valence-corrected chi connectivity index (χ1v) is 23.2. The summed E-state index contributed by atoms with van der Waals surface area (Å²) >= 11 is 0. The molecule has 0 saturated heterocycles. The minimum atomic E-state index is -0.590. The van der Waals surface area contributed by atoms with Crippen LogP contribution >= 0.6 is 0 Å². The van der Waals surface area contributed by atoms with Crippen molar-refractivity contribution in [3.8, 4) is 0 Å². The summed E-state index contributed by atoms with van der Waals surface area (Å²) in [4.78, 5) is 96.1. The van der Waals surface area contributed by atoms with Crippen LogP contribution in [0.3, 0.4) is 0 Å². The summed E-state index contributed by atoms with van der Waals surface area (Å²) in [6.45, 7) is 2.20. The van der Waals surface area contributed by atoms with Crippen molar-refractivity contribution in [2.75, 3.05) is 68.5 Å². The highest BCUT2D eigenvalue weighted by Gasteiger charge is 2.14. The zero-order valence-electron chi connectivity index (χ0n) is 41.5. The lowest BCUT2D eigenvalue weighted by molar-refractivity contribution is 0.0487. The number of anilines is 4. The second-order valence-corrected chi connectivity index (χ2v) is 15.9. The van der Waals surface area contributed by atoms with E-state index in [0.717, 1.165) is 25.7 Å². The normalized spacial score (nSPS) is 10.1. The van der Waals surface area contributed by atoms with E-state index < -0.39 is 24.3 Å². The van der Waals surface area contributed by atoms with E-state index in [9.17, 15) is 38.4 Å². The second kappa shape index (κ2) is 32.3. The van der Waals surface area contributed by atoms with Crippen molar-refractivity contribution in [2.45, 2.75) is 32.6 Å². The van der Waals surface area contributed by atoms with E-state index >= 15 is 0 Å². The number of aliphatic hydroxyl groups excluding tert-OH is 3. The zero-order chi connectivity index (χ0) is 53.8. The third-order valence-corrected chi connectivity index (χ3v) is 10.5. The van der Waals surface area contributed by atoms with E-state index in [-0.39, 0.29) is 50.2 Å². The molecule has 0 fully saturated rings. The van der Waals surface area contributed by atoms with Crippen LogP contribution in [0.25, 0.3) is 0 Å². The maximum absolute atomic E-state index is 12.6. The lowest BCUT2D eigenvalue weighted by atomic mass is 10.1. The molecule has 0 unspecified atom stereocenters. The van der Waals surface area contributed by atoms with Gasteiger partial charge in [-0.05, 0) is 154 Å². The number of ether oxygens (including phenoxy) is 3. The molecule has 0 aliphatic heterocycles. The Hall–Kier alpha value is -8.75. The molecule has 18 nitrogen and oxygen atoms in total. The number of methoxy groups -OCH3 is 2. The Bertz CT molecular complexity index is 2720. The number of carbonyl (C=O) groups is 8. The number of hydrogen-bond acceptors (Lipinski definition) is 14. The Morgan fingerprint density at radius 1 is 0.400 bits per heavy atom. The smallest absolute Gasteiger partial charge is 0.338 e. The molecule has 6 aromatic rings. The highest BCUT2D eigenvalue weighted by molar-refractivity contribution is 6.08. The van der Waals surface area contributed by atoms with Gasteiger partial charge in [-0.2, -0.15) is 0 Å². The molecular weight excluding hydrogens is 972 g/mol. The van der Waals surface area contributed by atoms with E-state index in [1.54, 1.807) is 104 Å². The maximum Gasteiger partial charge on any atom is 0.338 e. The number of carbonyl (C=O) groups excluding carboxylic acids is 8. The summed E-state index contributed by atoms with van der Waals surface area (Å²) in [6, 6.07) is 37.8. The standard InChI is InChI=1S/C28H28N2O6.C24H20N2O6.C4H10O2.FH.2H2/c1-19(31)20-5-7-21(8-6-20)26(32)29-24-13-15-25(16-14-24)30-27(33)22-9-11-23(12-10-22)28(34)36-18-4-3-17-35-2;1-32-24(31)18-8-6-17(7-9-18)23(30)26-20-12-10-19(11-13-20)25-22(29)16-4-2-15(3-5-16)21(28)14-27;5-3-1-2-4-6;;;/h5-16H,3-4,17-18H2,1-2H3,(H,29,32)(H,30,33);2-13,27H,14H2,1H3,(H,25,29)(H,26,30);5-6H,1-4H2;3*1H/i;;;;2*1+2. The Morgan fingerprint density at radius 3 is 0.987 bits per heavy atom. The number of hydrogen-bond donors (Lipinski definition) is 7. The molecule has 0 atom stereocenters. The van der Waals surface area contributed by atoms with Crippen molar-refractivity contribution in [3.05, 3.63) is 190 Å². The molecule has 7 N–H and O–H groups in total. The molecule has 0 aliphatic rings. The molecule has 4 amide bonds. The van der Waals surface area contributed by atoms with Crippen LogP contribution in [0.4, 0.5) is 27.5 Å². The van der Waals surface area contributed by atoms with Gasteiger partial charge in [0.15, 0.2) is 11.6 Å². The minimum Gasteiger partial charge on any atom is -0.465 e. The van der Waals surface area contributed by atoms with Gasteiger partial charge in [-0.25, -0.2) is 9.59 Å². The molecule has 0 radical (unpaired) electrons. The molecule has 0 aromatic heterocycles. The third kappa shape index (κ3) is 20.4. The molecule has 0 aliphatic carbocycles. The van der Waals surface area contributed by atoms with Gasteiger partial charge in [0.2, 0.25) is 0 Å². The van der Waals surface area contributed by atoms with Crippen LogP contribution in [-0.2, 0) is 14.2 Å². The molecule has 0 bridgehead atoms. The number of unbranched alkanes of at least 4 members (excludes halogenated alkanes) is 2. The van der Waals surface area contributed by atoms with E-state index in [2.05, 4.69) is 26.0 Å². The number of ketones is 2.